The Morgan fingerprint density at radius 3 is 2.47 bits per heavy atom. The van der Waals surface area contributed by atoms with E-state index in [2.05, 4.69) is 16.0 Å². The van der Waals surface area contributed by atoms with Crippen LogP contribution in [-0.4, -0.2) is 53.4 Å². The molecule has 8 heteroatoms. The van der Waals surface area contributed by atoms with Gasteiger partial charge in [-0.1, -0.05) is 0 Å². The second-order valence-corrected chi connectivity index (χ2v) is 4.42. The number of carbonyl (C=O) groups is 3. The summed E-state index contributed by atoms with van der Waals surface area (Å²) in [4.78, 5) is 33.1. The van der Waals surface area contributed by atoms with Crippen LogP contribution in [0.2, 0.25) is 0 Å². The zero-order valence-electron chi connectivity index (χ0n) is 10.5. The molecule has 1 aliphatic rings. The number of hydrogen-bond donors (Lipinski definition) is 5. The van der Waals surface area contributed by atoms with Gasteiger partial charge >= 0.3 is 12.0 Å². The number of carboxylic acids is 1. The highest BCUT2D eigenvalue weighted by Gasteiger charge is 2.22. The summed E-state index contributed by atoms with van der Waals surface area (Å²) in [5.74, 6) is -1.34. The Labute approximate surface area is 110 Å². The second-order valence-electron chi connectivity index (χ2n) is 4.42. The highest BCUT2D eigenvalue weighted by atomic mass is 16.4. The lowest BCUT2D eigenvalue weighted by Crippen LogP contribution is -2.48. The molecule has 0 aliphatic heterocycles. The summed E-state index contributed by atoms with van der Waals surface area (Å²) < 4.78 is 0. The van der Waals surface area contributed by atoms with Crippen molar-refractivity contribution in [2.45, 2.75) is 37.8 Å². The molecule has 1 fully saturated rings. The summed E-state index contributed by atoms with van der Waals surface area (Å²) in [6.07, 6.45) is 2.86. The normalized spacial score (nSPS) is 15.4. The molecular weight excluding hydrogens is 254 g/mol. The van der Waals surface area contributed by atoms with Crippen molar-refractivity contribution in [3.05, 3.63) is 0 Å². The Morgan fingerprint density at radius 1 is 1.26 bits per heavy atom. The fraction of sp³-hybridized carbons (Fsp3) is 0.727. The van der Waals surface area contributed by atoms with E-state index in [1.807, 2.05) is 0 Å². The molecule has 19 heavy (non-hydrogen) atoms. The Kier molecular flexibility index (Phi) is 6.07. The van der Waals surface area contributed by atoms with Gasteiger partial charge in [-0.25, -0.2) is 9.59 Å². The van der Waals surface area contributed by atoms with Crippen LogP contribution in [0.15, 0.2) is 0 Å². The van der Waals surface area contributed by atoms with E-state index in [0.717, 1.165) is 12.8 Å². The average molecular weight is 273 g/mol. The fourth-order valence-electron chi connectivity index (χ4n) is 1.37. The smallest absolute Gasteiger partial charge is 0.328 e. The zero-order chi connectivity index (χ0) is 14.3. The first kappa shape index (κ1) is 15.2. The van der Waals surface area contributed by atoms with E-state index < -0.39 is 24.6 Å². The Bertz CT molecular complexity index is 343. The van der Waals surface area contributed by atoms with Crippen LogP contribution in [0.1, 0.15) is 25.7 Å². The largest absolute Gasteiger partial charge is 0.480 e. The van der Waals surface area contributed by atoms with E-state index in [1.165, 1.54) is 0 Å². The van der Waals surface area contributed by atoms with E-state index in [4.69, 9.17) is 10.2 Å². The number of hydrogen-bond acceptors (Lipinski definition) is 4. The van der Waals surface area contributed by atoms with E-state index in [1.54, 1.807) is 0 Å². The summed E-state index contributed by atoms with van der Waals surface area (Å²) in [6, 6.07) is -1.67. The molecule has 1 atom stereocenters. The molecule has 0 spiro atoms. The SMILES string of the molecule is O=C(CCCNC(=O)N[C@H](CO)C(=O)O)NC1CC1. The topological polar surface area (TPSA) is 128 Å². The lowest BCUT2D eigenvalue weighted by Gasteiger charge is -2.12. The third kappa shape index (κ3) is 6.61. The molecule has 0 radical (unpaired) electrons. The molecule has 0 unspecified atom stereocenters. The maximum atomic E-state index is 11.3. The minimum atomic E-state index is -1.32. The van der Waals surface area contributed by atoms with Gasteiger partial charge in [0, 0.05) is 19.0 Å². The van der Waals surface area contributed by atoms with Crippen molar-refractivity contribution < 1.29 is 24.6 Å². The summed E-state index contributed by atoms with van der Waals surface area (Å²) >= 11 is 0. The third-order valence-electron chi connectivity index (χ3n) is 2.59. The molecule has 8 nitrogen and oxygen atoms in total. The maximum Gasteiger partial charge on any atom is 0.328 e. The van der Waals surface area contributed by atoms with Gasteiger partial charge in [0.1, 0.15) is 0 Å². The van der Waals surface area contributed by atoms with Crippen LogP contribution in [0.25, 0.3) is 0 Å². The number of carboxylic acid groups (broad SMARTS) is 1. The molecule has 0 heterocycles. The standard InChI is InChI=1S/C11H19N3O5/c15-6-8(10(17)18)14-11(19)12-5-1-2-9(16)13-7-3-4-7/h7-8,15H,1-6H2,(H,13,16)(H,17,18)(H2,12,14,19)/t8-/m1/s1. The monoisotopic (exact) mass is 273 g/mol. The van der Waals surface area contributed by atoms with Crippen LogP contribution >= 0.6 is 0 Å². The van der Waals surface area contributed by atoms with Crippen LogP contribution in [0.3, 0.4) is 0 Å². The van der Waals surface area contributed by atoms with Gasteiger partial charge < -0.3 is 26.2 Å². The Morgan fingerprint density at radius 2 is 1.95 bits per heavy atom. The van der Waals surface area contributed by atoms with Gasteiger partial charge in [-0.2, -0.15) is 0 Å². The summed E-state index contributed by atoms with van der Waals surface area (Å²) in [5, 5.41) is 24.6. The van der Waals surface area contributed by atoms with Crippen LogP contribution in [0, 0.1) is 0 Å². The molecule has 1 rings (SSSR count). The second kappa shape index (κ2) is 7.57. The fourth-order valence-corrected chi connectivity index (χ4v) is 1.37. The zero-order valence-corrected chi connectivity index (χ0v) is 10.5. The number of aliphatic hydroxyl groups excluding tert-OH is 1. The number of nitrogens with one attached hydrogen (secondary N) is 3. The van der Waals surface area contributed by atoms with Gasteiger partial charge in [-0.05, 0) is 19.3 Å². The third-order valence-corrected chi connectivity index (χ3v) is 2.59. The van der Waals surface area contributed by atoms with E-state index in [-0.39, 0.29) is 12.5 Å². The molecule has 0 aromatic heterocycles. The summed E-state index contributed by atoms with van der Waals surface area (Å²) in [6.45, 7) is -0.408. The van der Waals surface area contributed by atoms with Crippen LogP contribution in [0.4, 0.5) is 4.79 Å². The average Bonchev–Trinajstić information content (AvgIpc) is 3.15. The van der Waals surface area contributed by atoms with Gasteiger partial charge in [0.05, 0.1) is 6.61 Å². The van der Waals surface area contributed by atoms with Crippen molar-refractivity contribution in [3.8, 4) is 0 Å². The minimum Gasteiger partial charge on any atom is -0.480 e. The van der Waals surface area contributed by atoms with Gasteiger partial charge in [0.25, 0.3) is 0 Å². The van der Waals surface area contributed by atoms with Gasteiger partial charge in [0.15, 0.2) is 6.04 Å². The molecule has 1 aliphatic carbocycles. The quantitative estimate of drug-likeness (QED) is 0.354. The lowest BCUT2D eigenvalue weighted by atomic mass is 10.3. The molecular formula is C11H19N3O5. The van der Waals surface area contributed by atoms with Gasteiger partial charge in [-0.3, -0.25) is 4.79 Å². The first-order valence-corrected chi connectivity index (χ1v) is 6.20. The van der Waals surface area contributed by atoms with Crippen molar-refractivity contribution >= 4 is 17.9 Å². The van der Waals surface area contributed by atoms with Gasteiger partial charge in [-0.15, -0.1) is 0 Å². The van der Waals surface area contributed by atoms with Crippen LogP contribution in [-0.2, 0) is 9.59 Å². The number of amides is 3. The Hall–Kier alpha value is -1.83. The lowest BCUT2D eigenvalue weighted by molar-refractivity contribution is -0.140. The first-order valence-electron chi connectivity index (χ1n) is 6.20. The molecule has 0 aromatic carbocycles. The number of carbonyl (C=O) groups excluding carboxylic acids is 2. The predicted molar refractivity (Wildman–Crippen MR) is 65.4 cm³/mol. The van der Waals surface area contributed by atoms with Crippen molar-refractivity contribution in [2.24, 2.45) is 0 Å². The number of aliphatic carboxylic acids is 1. The van der Waals surface area contributed by atoms with Crippen molar-refractivity contribution in [3.63, 3.8) is 0 Å². The van der Waals surface area contributed by atoms with Crippen molar-refractivity contribution in [2.75, 3.05) is 13.2 Å². The maximum absolute atomic E-state index is 11.3. The molecule has 0 aromatic rings. The first-order chi connectivity index (χ1) is 9.02. The molecule has 3 amide bonds. The minimum absolute atomic E-state index is 0.0384. The van der Waals surface area contributed by atoms with Gasteiger partial charge in [0.2, 0.25) is 5.91 Å². The van der Waals surface area contributed by atoms with E-state index in [0.29, 0.717) is 18.9 Å². The highest BCUT2D eigenvalue weighted by Crippen LogP contribution is 2.18. The highest BCUT2D eigenvalue weighted by molar-refractivity contribution is 5.82. The van der Waals surface area contributed by atoms with E-state index in [9.17, 15) is 14.4 Å². The summed E-state index contributed by atoms with van der Waals surface area (Å²) in [5.41, 5.74) is 0. The number of aliphatic hydroxyl groups is 1. The number of urea groups is 1. The van der Waals surface area contributed by atoms with Crippen molar-refractivity contribution in [1.29, 1.82) is 0 Å². The van der Waals surface area contributed by atoms with Crippen LogP contribution < -0.4 is 16.0 Å². The molecule has 0 saturated heterocycles. The number of rotatable bonds is 8. The molecule has 0 bridgehead atoms. The Balaban J connectivity index is 2.05. The molecule has 1 saturated carbocycles. The van der Waals surface area contributed by atoms with Crippen molar-refractivity contribution in [1.82, 2.24) is 16.0 Å². The molecule has 5 N–H and O–H groups in total. The predicted octanol–water partition coefficient (Wildman–Crippen LogP) is -1.21. The summed E-state index contributed by atoms with van der Waals surface area (Å²) in [7, 11) is 0. The molecule has 108 valence electrons. The van der Waals surface area contributed by atoms with E-state index >= 15 is 0 Å². The van der Waals surface area contributed by atoms with Crippen LogP contribution in [0.5, 0.6) is 0 Å².